The maximum Gasteiger partial charge on any atom is 0.251 e. The zero-order valence-electron chi connectivity index (χ0n) is 11.6. The molecule has 0 saturated carbocycles. The molecule has 0 saturated heterocycles. The van der Waals surface area contributed by atoms with Crippen LogP contribution in [0.15, 0.2) is 46.3 Å². The van der Waals surface area contributed by atoms with Gasteiger partial charge in [0.25, 0.3) is 5.56 Å². The third-order valence-corrected chi connectivity index (χ3v) is 3.50. The van der Waals surface area contributed by atoms with Crippen LogP contribution < -0.4 is 10.3 Å². The molecule has 4 nitrogen and oxygen atoms in total. The number of hydrogen-bond donors (Lipinski definition) is 1. The molecule has 0 spiro atoms. The SMILES string of the molecule is CC(C)c1cc(=O)[nH]c(SCCOc2ccccc2)n1. The highest BCUT2D eigenvalue weighted by atomic mass is 32.2. The summed E-state index contributed by atoms with van der Waals surface area (Å²) >= 11 is 1.49. The van der Waals surface area contributed by atoms with Crippen molar-refractivity contribution in [1.82, 2.24) is 9.97 Å². The normalized spacial score (nSPS) is 10.8. The van der Waals surface area contributed by atoms with Gasteiger partial charge < -0.3 is 9.72 Å². The number of H-pyrrole nitrogens is 1. The van der Waals surface area contributed by atoms with Crippen molar-refractivity contribution >= 4 is 11.8 Å². The van der Waals surface area contributed by atoms with Gasteiger partial charge in [0.15, 0.2) is 5.16 Å². The molecule has 1 heterocycles. The largest absolute Gasteiger partial charge is 0.493 e. The molecule has 0 fully saturated rings. The quantitative estimate of drug-likeness (QED) is 0.504. The second-order valence-electron chi connectivity index (χ2n) is 4.64. The van der Waals surface area contributed by atoms with Crippen LogP contribution in [0.1, 0.15) is 25.5 Å². The average molecular weight is 290 g/mol. The molecule has 1 aromatic carbocycles. The summed E-state index contributed by atoms with van der Waals surface area (Å²) in [7, 11) is 0. The summed E-state index contributed by atoms with van der Waals surface area (Å²) in [4.78, 5) is 18.7. The first-order valence-corrected chi connectivity index (χ1v) is 7.55. The maximum atomic E-state index is 11.5. The van der Waals surface area contributed by atoms with E-state index in [4.69, 9.17) is 4.74 Å². The van der Waals surface area contributed by atoms with Crippen molar-refractivity contribution in [2.24, 2.45) is 0 Å². The molecule has 2 rings (SSSR count). The Bertz CT molecular complexity index is 596. The Morgan fingerprint density at radius 3 is 2.75 bits per heavy atom. The standard InChI is InChI=1S/C15H18N2O2S/c1-11(2)13-10-14(18)17-15(16-13)20-9-8-19-12-6-4-3-5-7-12/h3-7,10-11H,8-9H2,1-2H3,(H,16,17,18). The van der Waals surface area contributed by atoms with Gasteiger partial charge in [0.1, 0.15) is 5.75 Å². The lowest BCUT2D eigenvalue weighted by molar-refractivity contribution is 0.344. The van der Waals surface area contributed by atoms with Crippen molar-refractivity contribution in [2.45, 2.75) is 24.9 Å². The Morgan fingerprint density at radius 2 is 2.05 bits per heavy atom. The zero-order valence-corrected chi connectivity index (χ0v) is 12.4. The number of thioether (sulfide) groups is 1. The van der Waals surface area contributed by atoms with Gasteiger partial charge in [-0.1, -0.05) is 43.8 Å². The summed E-state index contributed by atoms with van der Waals surface area (Å²) < 4.78 is 5.60. The minimum Gasteiger partial charge on any atom is -0.493 e. The molecule has 0 unspecified atom stereocenters. The Hall–Kier alpha value is -1.75. The Labute approximate surface area is 122 Å². The van der Waals surface area contributed by atoms with Gasteiger partial charge in [-0.25, -0.2) is 4.98 Å². The molecule has 2 aromatic rings. The first-order chi connectivity index (χ1) is 9.65. The number of nitrogens with one attached hydrogen (secondary N) is 1. The van der Waals surface area contributed by atoms with Crippen LogP contribution in [0.5, 0.6) is 5.75 Å². The lowest BCUT2D eigenvalue weighted by Crippen LogP contribution is -2.11. The summed E-state index contributed by atoms with van der Waals surface area (Å²) in [5, 5.41) is 0.651. The molecule has 106 valence electrons. The molecular weight excluding hydrogens is 272 g/mol. The second-order valence-corrected chi connectivity index (χ2v) is 5.72. The molecular formula is C15H18N2O2S. The second kappa shape index (κ2) is 7.14. The number of ether oxygens (including phenoxy) is 1. The van der Waals surface area contributed by atoms with E-state index in [1.54, 1.807) is 6.07 Å². The van der Waals surface area contributed by atoms with Crippen molar-refractivity contribution in [3.05, 3.63) is 52.4 Å². The van der Waals surface area contributed by atoms with Crippen molar-refractivity contribution in [3.63, 3.8) is 0 Å². The van der Waals surface area contributed by atoms with Crippen LogP contribution in [0.2, 0.25) is 0 Å². The van der Waals surface area contributed by atoms with Crippen LogP contribution in [0.25, 0.3) is 0 Å². The van der Waals surface area contributed by atoms with E-state index >= 15 is 0 Å². The molecule has 0 aliphatic rings. The number of rotatable bonds is 6. The molecule has 1 N–H and O–H groups in total. The molecule has 0 radical (unpaired) electrons. The number of aromatic amines is 1. The summed E-state index contributed by atoms with van der Waals surface area (Å²) in [6.45, 7) is 4.62. The van der Waals surface area contributed by atoms with Crippen LogP contribution >= 0.6 is 11.8 Å². The van der Waals surface area contributed by atoms with Gasteiger partial charge in [-0.2, -0.15) is 0 Å². The number of nitrogens with zero attached hydrogens (tertiary/aromatic N) is 1. The molecule has 0 aliphatic heterocycles. The van der Waals surface area contributed by atoms with Crippen LogP contribution in [-0.4, -0.2) is 22.3 Å². The van der Waals surface area contributed by atoms with Crippen LogP contribution in [0.3, 0.4) is 0 Å². The Morgan fingerprint density at radius 1 is 1.30 bits per heavy atom. The summed E-state index contributed by atoms with van der Waals surface area (Å²) in [5.74, 6) is 1.84. The summed E-state index contributed by atoms with van der Waals surface area (Å²) in [5.41, 5.74) is 0.718. The summed E-state index contributed by atoms with van der Waals surface area (Å²) in [6, 6.07) is 11.2. The van der Waals surface area contributed by atoms with E-state index in [-0.39, 0.29) is 11.5 Å². The molecule has 5 heteroatoms. The first-order valence-electron chi connectivity index (χ1n) is 6.57. The maximum absolute atomic E-state index is 11.5. The van der Waals surface area contributed by atoms with E-state index in [1.165, 1.54) is 11.8 Å². The molecule has 0 atom stereocenters. The third kappa shape index (κ3) is 4.42. The number of para-hydroxylation sites is 1. The fourth-order valence-electron chi connectivity index (χ4n) is 1.63. The predicted molar refractivity (Wildman–Crippen MR) is 81.6 cm³/mol. The molecule has 1 aromatic heterocycles. The number of benzene rings is 1. The Kier molecular flexibility index (Phi) is 5.24. The fraction of sp³-hybridized carbons (Fsp3) is 0.333. The van der Waals surface area contributed by atoms with Gasteiger partial charge in [-0.3, -0.25) is 4.79 Å². The lowest BCUT2D eigenvalue weighted by Gasteiger charge is -2.07. The lowest BCUT2D eigenvalue weighted by atomic mass is 10.1. The molecule has 0 aliphatic carbocycles. The zero-order chi connectivity index (χ0) is 14.4. The number of aromatic nitrogens is 2. The smallest absolute Gasteiger partial charge is 0.251 e. The first kappa shape index (κ1) is 14.7. The average Bonchev–Trinajstić information content (AvgIpc) is 2.44. The van der Waals surface area contributed by atoms with E-state index in [9.17, 15) is 4.79 Å². The highest BCUT2D eigenvalue weighted by Gasteiger charge is 2.05. The number of hydrogen-bond acceptors (Lipinski definition) is 4. The highest BCUT2D eigenvalue weighted by molar-refractivity contribution is 7.99. The van der Waals surface area contributed by atoms with Crippen molar-refractivity contribution in [2.75, 3.05) is 12.4 Å². The van der Waals surface area contributed by atoms with E-state index in [2.05, 4.69) is 9.97 Å². The Balaban J connectivity index is 1.86. The van der Waals surface area contributed by atoms with E-state index in [1.807, 2.05) is 44.2 Å². The van der Waals surface area contributed by atoms with Gasteiger partial charge in [0.05, 0.1) is 12.3 Å². The predicted octanol–water partition coefficient (Wildman–Crippen LogP) is 3.06. The molecule has 20 heavy (non-hydrogen) atoms. The monoisotopic (exact) mass is 290 g/mol. The van der Waals surface area contributed by atoms with Gasteiger partial charge in [-0.15, -0.1) is 0 Å². The van der Waals surface area contributed by atoms with E-state index in [0.717, 1.165) is 17.2 Å². The third-order valence-electron chi connectivity index (χ3n) is 2.67. The molecule has 0 amide bonds. The van der Waals surface area contributed by atoms with E-state index < -0.39 is 0 Å². The topological polar surface area (TPSA) is 55.0 Å². The van der Waals surface area contributed by atoms with Crippen LogP contribution in [0.4, 0.5) is 0 Å². The minimum atomic E-state index is -0.102. The highest BCUT2D eigenvalue weighted by Crippen LogP contribution is 2.16. The van der Waals surface area contributed by atoms with Gasteiger partial charge >= 0.3 is 0 Å². The summed E-state index contributed by atoms with van der Waals surface area (Å²) in [6.07, 6.45) is 0. The van der Waals surface area contributed by atoms with Crippen molar-refractivity contribution < 1.29 is 4.74 Å². The fourth-order valence-corrected chi connectivity index (χ4v) is 2.33. The van der Waals surface area contributed by atoms with Crippen molar-refractivity contribution in [1.29, 1.82) is 0 Å². The van der Waals surface area contributed by atoms with Gasteiger partial charge in [-0.05, 0) is 18.1 Å². The molecule has 0 bridgehead atoms. The van der Waals surface area contributed by atoms with Crippen LogP contribution in [-0.2, 0) is 0 Å². The van der Waals surface area contributed by atoms with Crippen molar-refractivity contribution in [3.8, 4) is 5.75 Å². The van der Waals surface area contributed by atoms with E-state index in [0.29, 0.717) is 11.8 Å². The van der Waals surface area contributed by atoms with Gasteiger partial charge in [0, 0.05) is 11.8 Å². The van der Waals surface area contributed by atoms with Gasteiger partial charge in [0.2, 0.25) is 0 Å². The minimum absolute atomic E-state index is 0.102. The van der Waals surface area contributed by atoms with Crippen LogP contribution in [0, 0.1) is 0 Å².